The Morgan fingerprint density at radius 1 is 1.50 bits per heavy atom. The first kappa shape index (κ1) is 8.06. The van der Waals surface area contributed by atoms with E-state index in [1.165, 1.54) is 25.8 Å². The highest BCUT2D eigenvalue weighted by atomic mass is 15.1. The smallest absolute Gasteiger partial charge is 0.0115 e. The minimum Gasteiger partial charge on any atom is -0.303 e. The molecule has 0 aliphatic carbocycles. The summed E-state index contributed by atoms with van der Waals surface area (Å²) in [5.41, 5.74) is 0. The predicted octanol–water partition coefficient (Wildman–Crippen LogP) is 2.13. The molecule has 0 spiro atoms. The maximum absolute atomic E-state index is 2.51. The van der Waals surface area contributed by atoms with E-state index in [0.29, 0.717) is 0 Å². The lowest BCUT2D eigenvalue weighted by atomic mass is 9.90. The molecule has 1 rings (SSSR count). The zero-order valence-corrected chi connectivity index (χ0v) is 7.43. The first-order valence-corrected chi connectivity index (χ1v) is 4.46. The molecule has 2 atom stereocenters. The van der Waals surface area contributed by atoms with Crippen molar-refractivity contribution in [3.8, 4) is 0 Å². The SMILES string of the molecule is CC[C@H]1[C@@H](C)CCCN1C. The highest BCUT2D eigenvalue weighted by Crippen LogP contribution is 2.23. The number of hydrogen-bond acceptors (Lipinski definition) is 1. The number of hydrogen-bond donors (Lipinski definition) is 0. The van der Waals surface area contributed by atoms with Crippen molar-refractivity contribution in [1.82, 2.24) is 4.90 Å². The van der Waals surface area contributed by atoms with E-state index in [0.717, 1.165) is 12.0 Å². The van der Waals surface area contributed by atoms with Crippen molar-refractivity contribution in [1.29, 1.82) is 0 Å². The van der Waals surface area contributed by atoms with E-state index in [-0.39, 0.29) is 0 Å². The summed E-state index contributed by atoms with van der Waals surface area (Å²) in [6.45, 7) is 5.98. The largest absolute Gasteiger partial charge is 0.303 e. The van der Waals surface area contributed by atoms with E-state index in [2.05, 4.69) is 25.8 Å². The molecular formula is C9H19N. The van der Waals surface area contributed by atoms with Gasteiger partial charge in [-0.15, -0.1) is 0 Å². The Balaban J connectivity index is 2.45. The highest BCUT2D eigenvalue weighted by molar-refractivity contribution is 4.78. The molecule has 1 saturated heterocycles. The summed E-state index contributed by atoms with van der Waals surface area (Å²) in [7, 11) is 2.25. The maximum Gasteiger partial charge on any atom is 0.0115 e. The molecule has 0 aromatic carbocycles. The van der Waals surface area contributed by atoms with Crippen molar-refractivity contribution >= 4 is 0 Å². The van der Waals surface area contributed by atoms with Gasteiger partial charge >= 0.3 is 0 Å². The van der Waals surface area contributed by atoms with Gasteiger partial charge in [-0.1, -0.05) is 13.8 Å². The van der Waals surface area contributed by atoms with Crippen LogP contribution in [0.25, 0.3) is 0 Å². The minimum absolute atomic E-state index is 0.855. The van der Waals surface area contributed by atoms with Crippen LogP contribution in [-0.4, -0.2) is 24.5 Å². The van der Waals surface area contributed by atoms with E-state index in [1.54, 1.807) is 0 Å². The topological polar surface area (TPSA) is 3.24 Å². The van der Waals surface area contributed by atoms with Gasteiger partial charge in [-0.3, -0.25) is 0 Å². The quantitative estimate of drug-likeness (QED) is 0.540. The van der Waals surface area contributed by atoms with Gasteiger partial charge in [-0.05, 0) is 38.8 Å². The average Bonchev–Trinajstić information content (AvgIpc) is 1.88. The van der Waals surface area contributed by atoms with Gasteiger partial charge in [0, 0.05) is 6.04 Å². The van der Waals surface area contributed by atoms with Crippen LogP contribution in [0.3, 0.4) is 0 Å². The first-order valence-electron chi connectivity index (χ1n) is 4.46. The Labute approximate surface area is 64.4 Å². The molecule has 1 fully saturated rings. The Hall–Kier alpha value is -0.0400. The molecule has 60 valence electrons. The van der Waals surface area contributed by atoms with Crippen LogP contribution in [0, 0.1) is 5.92 Å². The molecule has 1 heteroatoms. The summed E-state index contributed by atoms with van der Waals surface area (Å²) in [5, 5.41) is 0. The summed E-state index contributed by atoms with van der Waals surface area (Å²) < 4.78 is 0. The molecule has 0 aromatic heterocycles. The van der Waals surface area contributed by atoms with Crippen LogP contribution < -0.4 is 0 Å². The summed E-state index contributed by atoms with van der Waals surface area (Å²) >= 11 is 0. The second-order valence-electron chi connectivity index (χ2n) is 3.58. The normalized spacial score (nSPS) is 36.3. The Kier molecular flexibility index (Phi) is 2.72. The highest BCUT2D eigenvalue weighted by Gasteiger charge is 2.23. The van der Waals surface area contributed by atoms with Crippen LogP contribution in [0.2, 0.25) is 0 Å². The zero-order chi connectivity index (χ0) is 7.56. The van der Waals surface area contributed by atoms with Crippen LogP contribution in [0.4, 0.5) is 0 Å². The molecule has 0 bridgehead atoms. The third-order valence-corrected chi connectivity index (χ3v) is 2.81. The summed E-state index contributed by atoms with van der Waals surface area (Å²) in [5.74, 6) is 0.920. The molecule has 1 heterocycles. The summed E-state index contributed by atoms with van der Waals surface area (Å²) in [4.78, 5) is 2.51. The molecular weight excluding hydrogens is 122 g/mol. The summed E-state index contributed by atoms with van der Waals surface area (Å²) in [6, 6.07) is 0.855. The number of likely N-dealkylation sites (tertiary alicyclic amines) is 1. The van der Waals surface area contributed by atoms with E-state index in [4.69, 9.17) is 0 Å². The molecule has 0 N–H and O–H groups in total. The molecule has 0 saturated carbocycles. The van der Waals surface area contributed by atoms with E-state index in [9.17, 15) is 0 Å². The Morgan fingerprint density at radius 3 is 2.60 bits per heavy atom. The fraction of sp³-hybridized carbons (Fsp3) is 1.00. The Morgan fingerprint density at radius 2 is 2.20 bits per heavy atom. The summed E-state index contributed by atoms with van der Waals surface area (Å²) in [6.07, 6.45) is 4.15. The average molecular weight is 141 g/mol. The second kappa shape index (κ2) is 3.38. The second-order valence-corrected chi connectivity index (χ2v) is 3.58. The van der Waals surface area contributed by atoms with Crippen molar-refractivity contribution in [2.24, 2.45) is 5.92 Å². The molecule has 1 aliphatic heterocycles. The fourth-order valence-electron chi connectivity index (χ4n) is 2.17. The van der Waals surface area contributed by atoms with Crippen molar-refractivity contribution in [3.05, 3.63) is 0 Å². The molecule has 0 aromatic rings. The third kappa shape index (κ3) is 1.51. The van der Waals surface area contributed by atoms with Gasteiger partial charge in [0.2, 0.25) is 0 Å². The van der Waals surface area contributed by atoms with Gasteiger partial charge < -0.3 is 4.90 Å². The number of piperidine rings is 1. The van der Waals surface area contributed by atoms with Crippen molar-refractivity contribution in [3.63, 3.8) is 0 Å². The van der Waals surface area contributed by atoms with Gasteiger partial charge in [0.1, 0.15) is 0 Å². The van der Waals surface area contributed by atoms with Crippen molar-refractivity contribution in [2.75, 3.05) is 13.6 Å². The van der Waals surface area contributed by atoms with E-state index >= 15 is 0 Å². The third-order valence-electron chi connectivity index (χ3n) is 2.81. The minimum atomic E-state index is 0.855. The van der Waals surface area contributed by atoms with Crippen LogP contribution in [0.5, 0.6) is 0 Å². The lowest BCUT2D eigenvalue weighted by Gasteiger charge is -2.36. The number of nitrogens with zero attached hydrogens (tertiary/aromatic N) is 1. The molecule has 1 nitrogen and oxygen atoms in total. The molecule has 0 radical (unpaired) electrons. The maximum atomic E-state index is 2.51. The lowest BCUT2D eigenvalue weighted by Crippen LogP contribution is -2.40. The number of rotatable bonds is 1. The van der Waals surface area contributed by atoms with Crippen molar-refractivity contribution < 1.29 is 0 Å². The van der Waals surface area contributed by atoms with Gasteiger partial charge in [0.25, 0.3) is 0 Å². The van der Waals surface area contributed by atoms with Gasteiger partial charge in [0.05, 0.1) is 0 Å². The monoisotopic (exact) mass is 141 g/mol. The zero-order valence-electron chi connectivity index (χ0n) is 7.43. The predicted molar refractivity (Wildman–Crippen MR) is 45.1 cm³/mol. The van der Waals surface area contributed by atoms with Crippen LogP contribution in [-0.2, 0) is 0 Å². The van der Waals surface area contributed by atoms with Gasteiger partial charge in [0.15, 0.2) is 0 Å². The Bertz CT molecular complexity index is 90.9. The molecule has 0 amide bonds. The van der Waals surface area contributed by atoms with Gasteiger partial charge in [-0.2, -0.15) is 0 Å². The van der Waals surface area contributed by atoms with E-state index in [1.807, 2.05) is 0 Å². The molecule has 10 heavy (non-hydrogen) atoms. The fourth-order valence-corrected chi connectivity index (χ4v) is 2.17. The standard InChI is InChI=1S/C9H19N/c1-4-9-8(2)6-5-7-10(9)3/h8-9H,4-7H2,1-3H3/t8-,9-/m0/s1. The lowest BCUT2D eigenvalue weighted by molar-refractivity contribution is 0.127. The van der Waals surface area contributed by atoms with Crippen molar-refractivity contribution in [2.45, 2.75) is 39.2 Å². The first-order chi connectivity index (χ1) is 4.75. The van der Waals surface area contributed by atoms with Crippen LogP contribution in [0.15, 0.2) is 0 Å². The van der Waals surface area contributed by atoms with E-state index < -0.39 is 0 Å². The van der Waals surface area contributed by atoms with Crippen LogP contribution >= 0.6 is 0 Å². The van der Waals surface area contributed by atoms with Crippen LogP contribution in [0.1, 0.15) is 33.1 Å². The molecule has 0 unspecified atom stereocenters. The van der Waals surface area contributed by atoms with Gasteiger partial charge in [-0.25, -0.2) is 0 Å². The molecule has 1 aliphatic rings.